The molecule has 0 aromatic carbocycles. The van der Waals surface area contributed by atoms with E-state index in [9.17, 15) is 4.79 Å². The predicted octanol–water partition coefficient (Wildman–Crippen LogP) is 0.581. The first-order chi connectivity index (χ1) is 7.25. The summed E-state index contributed by atoms with van der Waals surface area (Å²) in [5.74, 6) is 0.0964. The van der Waals surface area contributed by atoms with Crippen molar-refractivity contribution in [3.63, 3.8) is 0 Å². The van der Waals surface area contributed by atoms with Gasteiger partial charge in [-0.05, 0) is 51.1 Å². The number of hydrogen-bond acceptors (Lipinski definition) is 3. The summed E-state index contributed by atoms with van der Waals surface area (Å²) in [6.07, 6.45) is 5.48. The predicted molar refractivity (Wildman–Crippen MR) is 57.8 cm³/mol. The summed E-state index contributed by atoms with van der Waals surface area (Å²) in [5, 5.41) is 15.4. The first-order valence-corrected chi connectivity index (χ1v) is 5.95. The highest BCUT2D eigenvalue weighted by molar-refractivity contribution is 5.73. The zero-order valence-corrected chi connectivity index (χ0v) is 9.04. The van der Waals surface area contributed by atoms with Crippen LogP contribution in [0.2, 0.25) is 0 Å². The molecule has 2 fully saturated rings. The lowest BCUT2D eigenvalue weighted by Gasteiger charge is -2.25. The summed E-state index contributed by atoms with van der Waals surface area (Å²) in [4.78, 5) is 10.8. The molecule has 4 nitrogen and oxygen atoms in total. The second kappa shape index (κ2) is 4.94. The summed E-state index contributed by atoms with van der Waals surface area (Å²) in [6, 6.07) is 0.144. The van der Waals surface area contributed by atoms with E-state index in [2.05, 4.69) is 10.6 Å². The fourth-order valence-corrected chi connectivity index (χ4v) is 2.72. The van der Waals surface area contributed by atoms with Crippen LogP contribution in [0.1, 0.15) is 32.1 Å². The third-order valence-corrected chi connectivity index (χ3v) is 3.62. The van der Waals surface area contributed by atoms with Gasteiger partial charge < -0.3 is 15.7 Å². The van der Waals surface area contributed by atoms with Crippen LogP contribution in [-0.4, -0.2) is 36.2 Å². The third kappa shape index (κ3) is 2.92. The molecule has 0 spiro atoms. The third-order valence-electron chi connectivity index (χ3n) is 3.62. The van der Waals surface area contributed by atoms with Crippen molar-refractivity contribution >= 4 is 5.97 Å². The maximum absolute atomic E-state index is 10.8. The van der Waals surface area contributed by atoms with Gasteiger partial charge in [-0.25, -0.2) is 0 Å². The van der Waals surface area contributed by atoms with E-state index in [0.29, 0.717) is 6.04 Å². The Labute approximate surface area is 90.4 Å². The van der Waals surface area contributed by atoms with Crippen LogP contribution in [0.15, 0.2) is 0 Å². The number of piperidine rings is 1. The van der Waals surface area contributed by atoms with E-state index in [4.69, 9.17) is 5.11 Å². The fourth-order valence-electron chi connectivity index (χ4n) is 2.72. The van der Waals surface area contributed by atoms with Crippen LogP contribution >= 0.6 is 0 Å². The Balaban J connectivity index is 1.74. The van der Waals surface area contributed by atoms with Crippen molar-refractivity contribution in [3.8, 4) is 0 Å². The average Bonchev–Trinajstić information content (AvgIpc) is 2.68. The van der Waals surface area contributed by atoms with E-state index < -0.39 is 5.97 Å². The summed E-state index contributed by atoms with van der Waals surface area (Å²) in [5.41, 5.74) is 0. The van der Waals surface area contributed by atoms with Gasteiger partial charge in [0.15, 0.2) is 0 Å². The van der Waals surface area contributed by atoms with Gasteiger partial charge in [-0.3, -0.25) is 4.79 Å². The summed E-state index contributed by atoms with van der Waals surface area (Å²) in [7, 11) is 0. The Morgan fingerprint density at radius 3 is 2.53 bits per heavy atom. The molecule has 3 N–H and O–H groups in total. The Morgan fingerprint density at radius 1 is 1.20 bits per heavy atom. The average molecular weight is 212 g/mol. The Bertz CT molecular complexity index is 227. The number of carboxylic acid groups (broad SMARTS) is 1. The van der Waals surface area contributed by atoms with Crippen LogP contribution in [0, 0.1) is 5.92 Å². The number of nitrogens with one attached hydrogen (secondary N) is 2. The molecule has 0 aromatic heterocycles. The maximum atomic E-state index is 10.8. The molecule has 4 heteroatoms. The fraction of sp³-hybridized carbons (Fsp3) is 0.909. The zero-order chi connectivity index (χ0) is 10.7. The van der Waals surface area contributed by atoms with Crippen molar-refractivity contribution in [1.29, 1.82) is 0 Å². The lowest BCUT2D eigenvalue weighted by atomic mass is 9.90. The molecule has 0 amide bonds. The molecular weight excluding hydrogens is 192 g/mol. The zero-order valence-electron chi connectivity index (χ0n) is 9.04. The molecule has 2 saturated heterocycles. The van der Waals surface area contributed by atoms with Gasteiger partial charge in [-0.1, -0.05) is 0 Å². The molecule has 2 unspecified atom stereocenters. The van der Waals surface area contributed by atoms with Gasteiger partial charge in [-0.2, -0.15) is 0 Å². The molecule has 0 bridgehead atoms. The highest BCUT2D eigenvalue weighted by atomic mass is 16.4. The normalized spacial score (nSPS) is 33.1. The lowest BCUT2D eigenvalue weighted by Crippen LogP contribution is -2.37. The standard InChI is InChI=1S/C11H20N2O2/c14-11(15)10-2-1-9(13-10)7-8-3-5-12-6-4-8/h8-10,12-13H,1-7H2,(H,14,15). The SMILES string of the molecule is O=C(O)C1CCC(CC2CCNCC2)N1. The van der Waals surface area contributed by atoms with Gasteiger partial charge in [0, 0.05) is 6.04 Å². The van der Waals surface area contributed by atoms with Gasteiger partial charge in [0.05, 0.1) is 0 Å². The highest BCUT2D eigenvalue weighted by Crippen LogP contribution is 2.23. The van der Waals surface area contributed by atoms with Crippen LogP contribution < -0.4 is 10.6 Å². The molecular formula is C11H20N2O2. The van der Waals surface area contributed by atoms with Crippen molar-refractivity contribution in [2.24, 2.45) is 5.92 Å². The molecule has 86 valence electrons. The number of hydrogen-bond donors (Lipinski definition) is 3. The minimum Gasteiger partial charge on any atom is -0.480 e. The van der Waals surface area contributed by atoms with Crippen molar-refractivity contribution in [1.82, 2.24) is 10.6 Å². The molecule has 2 atom stereocenters. The van der Waals surface area contributed by atoms with E-state index in [1.807, 2.05) is 0 Å². The molecule has 0 radical (unpaired) electrons. The smallest absolute Gasteiger partial charge is 0.320 e. The van der Waals surface area contributed by atoms with Crippen molar-refractivity contribution < 1.29 is 9.90 Å². The van der Waals surface area contributed by atoms with Gasteiger partial charge in [0.2, 0.25) is 0 Å². The molecule has 0 saturated carbocycles. The van der Waals surface area contributed by atoms with E-state index in [0.717, 1.165) is 38.3 Å². The minimum atomic E-state index is -0.692. The summed E-state index contributed by atoms with van der Waals surface area (Å²) in [6.45, 7) is 2.25. The van der Waals surface area contributed by atoms with Gasteiger partial charge >= 0.3 is 5.97 Å². The Morgan fingerprint density at radius 2 is 1.93 bits per heavy atom. The first-order valence-electron chi connectivity index (χ1n) is 5.95. The number of carboxylic acids is 1. The largest absolute Gasteiger partial charge is 0.480 e. The first kappa shape index (κ1) is 10.9. The van der Waals surface area contributed by atoms with E-state index in [1.54, 1.807) is 0 Å². The summed E-state index contributed by atoms with van der Waals surface area (Å²) >= 11 is 0. The lowest BCUT2D eigenvalue weighted by molar-refractivity contribution is -0.139. The number of rotatable bonds is 3. The molecule has 2 rings (SSSR count). The van der Waals surface area contributed by atoms with E-state index in [-0.39, 0.29) is 6.04 Å². The van der Waals surface area contributed by atoms with Gasteiger partial charge in [0.1, 0.15) is 6.04 Å². The van der Waals surface area contributed by atoms with Crippen LogP contribution in [-0.2, 0) is 4.79 Å². The molecule has 2 aliphatic heterocycles. The van der Waals surface area contributed by atoms with Crippen LogP contribution in [0.4, 0.5) is 0 Å². The van der Waals surface area contributed by atoms with Crippen LogP contribution in [0.3, 0.4) is 0 Å². The van der Waals surface area contributed by atoms with E-state index in [1.165, 1.54) is 12.8 Å². The molecule has 2 aliphatic rings. The monoisotopic (exact) mass is 212 g/mol. The number of aliphatic carboxylic acids is 1. The van der Waals surface area contributed by atoms with E-state index >= 15 is 0 Å². The van der Waals surface area contributed by atoms with Crippen molar-refractivity contribution in [3.05, 3.63) is 0 Å². The quantitative estimate of drug-likeness (QED) is 0.640. The van der Waals surface area contributed by atoms with Gasteiger partial charge in [-0.15, -0.1) is 0 Å². The van der Waals surface area contributed by atoms with Crippen molar-refractivity contribution in [2.75, 3.05) is 13.1 Å². The topological polar surface area (TPSA) is 61.4 Å². The molecule has 0 aromatic rings. The molecule has 15 heavy (non-hydrogen) atoms. The second-order valence-electron chi connectivity index (χ2n) is 4.76. The van der Waals surface area contributed by atoms with Crippen LogP contribution in [0.5, 0.6) is 0 Å². The van der Waals surface area contributed by atoms with Crippen molar-refractivity contribution in [2.45, 2.75) is 44.2 Å². The molecule has 2 heterocycles. The Kier molecular flexibility index (Phi) is 3.59. The summed E-state index contributed by atoms with van der Waals surface area (Å²) < 4.78 is 0. The van der Waals surface area contributed by atoms with Gasteiger partial charge in [0.25, 0.3) is 0 Å². The minimum absolute atomic E-state index is 0.295. The number of carbonyl (C=O) groups is 1. The second-order valence-corrected chi connectivity index (χ2v) is 4.76. The Hall–Kier alpha value is -0.610. The van der Waals surface area contributed by atoms with Crippen LogP contribution in [0.25, 0.3) is 0 Å². The highest BCUT2D eigenvalue weighted by Gasteiger charge is 2.30. The maximum Gasteiger partial charge on any atom is 0.320 e. The molecule has 0 aliphatic carbocycles.